The molecule has 210 valence electrons. The third-order valence-corrected chi connectivity index (χ3v) is 8.28. The van der Waals surface area contributed by atoms with Crippen LogP contribution < -0.4 is 4.74 Å². The smallest absolute Gasteiger partial charge is 0.309 e. The van der Waals surface area contributed by atoms with E-state index < -0.39 is 0 Å². The zero-order chi connectivity index (χ0) is 28.1. The second kappa shape index (κ2) is 13.2. The lowest BCUT2D eigenvalue weighted by Gasteiger charge is -2.19. The highest BCUT2D eigenvalue weighted by molar-refractivity contribution is 6.36. The molecule has 3 aromatic carbocycles. The van der Waals surface area contributed by atoms with Crippen molar-refractivity contribution in [1.29, 1.82) is 0 Å². The van der Waals surface area contributed by atoms with E-state index in [-0.39, 0.29) is 25.2 Å². The van der Waals surface area contributed by atoms with Crippen molar-refractivity contribution in [3.63, 3.8) is 0 Å². The highest BCUT2D eigenvalue weighted by atomic mass is 35.5. The molecule has 1 aliphatic heterocycles. The molecular weight excluding hydrogens is 548 g/mol. The molecule has 0 amide bonds. The quantitative estimate of drug-likeness (QED) is 0.241. The second-order valence-electron chi connectivity index (χ2n) is 10.5. The van der Waals surface area contributed by atoms with Gasteiger partial charge in [0.25, 0.3) is 0 Å². The molecule has 0 radical (unpaired) electrons. The Balaban J connectivity index is 1.50. The molecule has 0 bridgehead atoms. The van der Waals surface area contributed by atoms with Gasteiger partial charge in [0.15, 0.2) is 0 Å². The number of carbonyl (C=O) groups is 1. The Morgan fingerprint density at radius 2 is 1.82 bits per heavy atom. The van der Waals surface area contributed by atoms with E-state index in [1.165, 1.54) is 18.2 Å². The molecule has 5 rings (SSSR count). The summed E-state index contributed by atoms with van der Waals surface area (Å²) >= 11 is 13.0. The monoisotopic (exact) mass is 581 g/mol. The van der Waals surface area contributed by atoms with Crippen LogP contribution in [0, 0.1) is 0 Å². The number of rotatable bonds is 9. The lowest BCUT2D eigenvalue weighted by atomic mass is 9.87. The summed E-state index contributed by atoms with van der Waals surface area (Å²) in [5, 5.41) is 1.23. The Hall–Kier alpha value is -2.86. The van der Waals surface area contributed by atoms with Gasteiger partial charge in [-0.15, -0.1) is 0 Å². The summed E-state index contributed by atoms with van der Waals surface area (Å²) in [4.78, 5) is 14.2. The fourth-order valence-corrected chi connectivity index (χ4v) is 6.32. The molecule has 1 fully saturated rings. The topological polar surface area (TPSA) is 38.8 Å². The minimum Gasteiger partial charge on any atom is -0.489 e. The van der Waals surface area contributed by atoms with Crippen LogP contribution in [-0.4, -0.2) is 50.4 Å². The van der Waals surface area contributed by atoms with Gasteiger partial charge < -0.3 is 9.47 Å². The lowest BCUT2D eigenvalue weighted by Crippen LogP contribution is -2.26. The van der Waals surface area contributed by atoms with Crippen molar-refractivity contribution in [2.24, 2.45) is 0 Å². The van der Waals surface area contributed by atoms with Crippen LogP contribution in [0.15, 0.2) is 60.7 Å². The van der Waals surface area contributed by atoms with E-state index in [0.717, 1.165) is 78.9 Å². The van der Waals surface area contributed by atoms with Gasteiger partial charge in [0.2, 0.25) is 0 Å². The van der Waals surface area contributed by atoms with E-state index in [1.54, 1.807) is 6.07 Å². The van der Waals surface area contributed by atoms with Crippen LogP contribution in [0.2, 0.25) is 10.0 Å². The van der Waals surface area contributed by atoms with Crippen LogP contribution in [0.25, 0.3) is 11.1 Å². The van der Waals surface area contributed by atoms with Gasteiger partial charge in [-0.25, -0.2) is 0 Å². The molecule has 4 nitrogen and oxygen atoms in total. The van der Waals surface area contributed by atoms with E-state index in [9.17, 15) is 9.18 Å². The number of methoxy groups -OCH3 is 1. The number of alkyl halides is 1. The fourth-order valence-electron chi connectivity index (χ4n) is 5.80. The van der Waals surface area contributed by atoms with Gasteiger partial charge in [-0.2, -0.15) is 0 Å². The van der Waals surface area contributed by atoms with Gasteiger partial charge in [0.1, 0.15) is 11.9 Å². The molecule has 0 spiro atoms. The number of fused-ring (bicyclic) bond motifs is 1. The third-order valence-electron chi connectivity index (χ3n) is 7.73. The first kappa shape index (κ1) is 28.7. The first-order valence-corrected chi connectivity index (χ1v) is 14.6. The summed E-state index contributed by atoms with van der Waals surface area (Å²) < 4.78 is 23.8. The number of nitrogens with zero attached hydrogens (tertiary/aromatic N) is 1. The van der Waals surface area contributed by atoms with E-state index in [1.807, 2.05) is 30.3 Å². The first-order valence-electron chi connectivity index (χ1n) is 13.9. The fraction of sp³-hybridized carbons (Fsp3) is 0.364. The SMILES string of the molecule is COC(=O)Cc1ccc2c(c1)CCCC(c1ccc(Cl)cc1Cl)=C2c1ccc(OC2CCN(CCCF)C2)cc1. The maximum absolute atomic E-state index is 12.6. The number of likely N-dealkylation sites (tertiary alicyclic amines) is 1. The summed E-state index contributed by atoms with van der Waals surface area (Å²) in [5.41, 5.74) is 7.65. The molecular formula is C33H34Cl2FNO3. The Morgan fingerprint density at radius 1 is 1.02 bits per heavy atom. The zero-order valence-electron chi connectivity index (χ0n) is 22.7. The lowest BCUT2D eigenvalue weighted by molar-refractivity contribution is -0.139. The minimum atomic E-state index is -0.279. The van der Waals surface area contributed by atoms with Crippen LogP contribution in [0.5, 0.6) is 5.75 Å². The summed E-state index contributed by atoms with van der Waals surface area (Å²) in [7, 11) is 1.41. The van der Waals surface area contributed by atoms with Gasteiger partial charge in [-0.3, -0.25) is 14.1 Å². The number of aryl methyl sites for hydroxylation is 1. The van der Waals surface area contributed by atoms with Crippen molar-refractivity contribution in [2.75, 3.05) is 33.4 Å². The Kier molecular flexibility index (Phi) is 9.46. The van der Waals surface area contributed by atoms with Crippen LogP contribution in [0.3, 0.4) is 0 Å². The number of hydrogen-bond donors (Lipinski definition) is 0. The molecule has 40 heavy (non-hydrogen) atoms. The summed E-state index contributed by atoms with van der Waals surface area (Å²) in [6, 6.07) is 20.2. The molecule has 1 heterocycles. The molecule has 1 saturated heterocycles. The second-order valence-corrected chi connectivity index (χ2v) is 11.3. The molecule has 0 aromatic heterocycles. The Morgan fingerprint density at radius 3 is 2.58 bits per heavy atom. The van der Waals surface area contributed by atoms with E-state index in [2.05, 4.69) is 29.2 Å². The number of ether oxygens (including phenoxy) is 2. The van der Waals surface area contributed by atoms with Gasteiger partial charge >= 0.3 is 5.97 Å². The molecule has 7 heteroatoms. The number of esters is 1. The van der Waals surface area contributed by atoms with Crippen molar-refractivity contribution in [3.05, 3.63) is 98.5 Å². The number of carbonyl (C=O) groups excluding carboxylic acids is 1. The summed E-state index contributed by atoms with van der Waals surface area (Å²) in [6.45, 7) is 2.27. The van der Waals surface area contributed by atoms with Gasteiger partial charge in [0.05, 0.1) is 20.2 Å². The molecule has 1 atom stereocenters. The van der Waals surface area contributed by atoms with Crippen LogP contribution in [0.4, 0.5) is 4.39 Å². The van der Waals surface area contributed by atoms with Gasteiger partial charge in [-0.1, -0.05) is 59.6 Å². The maximum Gasteiger partial charge on any atom is 0.309 e. The molecule has 0 saturated carbocycles. The molecule has 1 aliphatic carbocycles. The number of hydrogen-bond acceptors (Lipinski definition) is 4. The average Bonchev–Trinajstić information content (AvgIpc) is 3.31. The normalized spacial score (nSPS) is 17.4. The molecule has 0 N–H and O–H groups in total. The average molecular weight is 583 g/mol. The summed E-state index contributed by atoms with van der Waals surface area (Å²) in [5.74, 6) is 0.580. The third kappa shape index (κ3) is 6.71. The van der Waals surface area contributed by atoms with Crippen molar-refractivity contribution in [2.45, 2.75) is 44.6 Å². The van der Waals surface area contributed by atoms with E-state index in [0.29, 0.717) is 16.5 Å². The summed E-state index contributed by atoms with van der Waals surface area (Å²) in [6.07, 6.45) is 4.57. The minimum absolute atomic E-state index is 0.111. The van der Waals surface area contributed by atoms with Crippen molar-refractivity contribution in [3.8, 4) is 5.75 Å². The van der Waals surface area contributed by atoms with Crippen LogP contribution >= 0.6 is 23.2 Å². The predicted octanol–water partition coefficient (Wildman–Crippen LogP) is 7.82. The van der Waals surface area contributed by atoms with Crippen molar-refractivity contribution < 1.29 is 18.7 Å². The molecule has 2 aliphatic rings. The highest BCUT2D eigenvalue weighted by Gasteiger charge is 2.25. The van der Waals surface area contributed by atoms with E-state index >= 15 is 0 Å². The highest BCUT2D eigenvalue weighted by Crippen LogP contribution is 2.42. The number of benzene rings is 3. The predicted molar refractivity (Wildman–Crippen MR) is 160 cm³/mol. The Bertz CT molecular complexity index is 1390. The maximum atomic E-state index is 12.6. The molecule has 3 aromatic rings. The first-order chi connectivity index (χ1) is 19.4. The molecule has 1 unspecified atom stereocenters. The Labute approximate surface area is 245 Å². The van der Waals surface area contributed by atoms with E-state index in [4.69, 9.17) is 32.7 Å². The van der Waals surface area contributed by atoms with Crippen LogP contribution in [0.1, 0.15) is 53.5 Å². The zero-order valence-corrected chi connectivity index (χ0v) is 24.2. The van der Waals surface area contributed by atoms with Crippen LogP contribution in [-0.2, 0) is 22.4 Å². The largest absolute Gasteiger partial charge is 0.489 e. The van der Waals surface area contributed by atoms with Gasteiger partial charge in [0, 0.05) is 29.7 Å². The van der Waals surface area contributed by atoms with Crippen molar-refractivity contribution in [1.82, 2.24) is 4.90 Å². The van der Waals surface area contributed by atoms with Gasteiger partial charge in [-0.05, 0) is 95.3 Å². The van der Waals surface area contributed by atoms with Crippen molar-refractivity contribution >= 4 is 40.3 Å². The number of halogens is 3. The number of allylic oxidation sites excluding steroid dienone is 1. The standard InChI is InChI=1S/C33H34Cl2FNO3/c1-39-32(38)19-22-6-12-28-24(18-22)4-2-5-30(29-13-9-25(34)20-31(29)35)33(28)23-7-10-26(11-8-23)40-27-14-17-37(21-27)16-3-15-36/h6-13,18,20,27H,2-5,14-17,19,21H2,1H3.